The van der Waals surface area contributed by atoms with Gasteiger partial charge in [0.2, 0.25) is 16.4 Å². The van der Waals surface area contributed by atoms with Crippen LogP contribution in [0.2, 0.25) is 45.8 Å². The largest absolute Gasteiger partial charge is 0.456 e. The maximum Gasteiger partial charge on any atom is 0.381 e. The van der Waals surface area contributed by atoms with E-state index in [-0.39, 0.29) is 0 Å². The maximum absolute atomic E-state index is 12.7. The molecule has 0 aromatic rings. The lowest BCUT2D eigenvalue weighted by Crippen LogP contribution is -2.58. The Kier molecular flexibility index (Phi) is 19.7. The molecule has 4 radical (unpaired) electrons. The van der Waals surface area contributed by atoms with E-state index in [4.69, 9.17) is 12.3 Å². The van der Waals surface area contributed by atoms with Crippen molar-refractivity contribution in [1.82, 2.24) is 0 Å². The molecular formula is C7H24O15Si18. The van der Waals surface area contributed by atoms with E-state index >= 15 is 0 Å². The van der Waals surface area contributed by atoms with Gasteiger partial charge in [-0.1, -0.05) is 0 Å². The van der Waals surface area contributed by atoms with Crippen LogP contribution in [0.3, 0.4) is 0 Å². The fourth-order valence-corrected chi connectivity index (χ4v) is 158. The van der Waals surface area contributed by atoms with Gasteiger partial charge in [-0.3, -0.25) is 0 Å². The Morgan fingerprint density at radius 1 is 0.500 bits per heavy atom. The quantitative estimate of drug-likeness (QED) is 0.104. The van der Waals surface area contributed by atoms with E-state index in [2.05, 4.69) is 0 Å². The summed E-state index contributed by atoms with van der Waals surface area (Å²) in [7, 11) is -52.1. The predicted molar refractivity (Wildman–Crippen MR) is 160 cm³/mol. The van der Waals surface area contributed by atoms with Gasteiger partial charge in [0.1, 0.15) is 0 Å². The minimum absolute atomic E-state index is 0.516. The average Bonchev–Trinajstić information content (AvgIpc) is 2.88. The van der Waals surface area contributed by atoms with Crippen LogP contribution in [0.4, 0.5) is 0 Å². The minimum Gasteiger partial charge on any atom is -0.456 e. The molecule has 33 heteroatoms. The molecular weight excluding hydrogens is 830 g/mol. The SMILES string of the molecule is C[SiH](C)O[Si][Si](=O)[Si](=O)[Si](=O)[SiH](C)O[Si][Si](=O)[Si](=O)[Si](=O)[Si](=O)[Si](=O)[Si](=O)[Si](=O)[Si](=O)[Si](=O)[Si](C)(C)O[SiH](C)C. The molecule has 0 heterocycles. The number of hydrogen-bond donors (Lipinski definition) is 0. The molecule has 0 aromatic heterocycles. The van der Waals surface area contributed by atoms with Crippen molar-refractivity contribution < 1.29 is 65.9 Å². The van der Waals surface area contributed by atoms with Crippen LogP contribution in [0.25, 0.3) is 0 Å². The highest BCUT2D eigenvalue weighted by Crippen LogP contribution is 2.07. The van der Waals surface area contributed by atoms with Crippen LogP contribution in [0.5, 0.6) is 0 Å². The van der Waals surface area contributed by atoms with E-state index in [0.29, 0.717) is 0 Å². The molecule has 0 saturated heterocycles. The highest BCUT2D eigenvalue weighted by atomic mass is 30.1. The first-order chi connectivity index (χ1) is 18.2. The Bertz CT molecular complexity index is 1200. The first-order valence-electron chi connectivity index (χ1n) is 11.2. The molecule has 0 saturated carbocycles. The van der Waals surface area contributed by atoms with Gasteiger partial charge in [-0.25, -0.2) is 0 Å². The topological polar surface area (TPSA) is 233 Å². The lowest BCUT2D eigenvalue weighted by Gasteiger charge is -2.21. The third-order valence-corrected chi connectivity index (χ3v) is 118. The van der Waals surface area contributed by atoms with Crippen molar-refractivity contribution in [3.05, 3.63) is 0 Å². The lowest BCUT2D eigenvalue weighted by atomic mass is 11.9. The van der Waals surface area contributed by atoms with Crippen molar-refractivity contribution in [2.24, 2.45) is 0 Å². The molecule has 1 atom stereocenters. The van der Waals surface area contributed by atoms with E-state index in [1.165, 1.54) is 19.6 Å². The van der Waals surface area contributed by atoms with Crippen LogP contribution >= 0.6 is 0 Å². The lowest BCUT2D eigenvalue weighted by molar-refractivity contribution is 0.533. The van der Waals surface area contributed by atoms with Crippen LogP contribution in [0, 0.1) is 0 Å². The van der Waals surface area contributed by atoms with E-state index in [1.54, 1.807) is 13.1 Å². The van der Waals surface area contributed by atoms with Crippen molar-refractivity contribution >= 4 is 146 Å². The van der Waals surface area contributed by atoms with Crippen LogP contribution in [-0.2, 0) is 65.9 Å². The summed E-state index contributed by atoms with van der Waals surface area (Å²) in [5, 5.41) is 0. The van der Waals surface area contributed by atoms with E-state index in [1.807, 2.05) is 13.1 Å². The molecule has 0 aliphatic rings. The Labute approximate surface area is 255 Å². The smallest absolute Gasteiger partial charge is 0.381 e. The molecule has 40 heavy (non-hydrogen) atoms. The van der Waals surface area contributed by atoms with Gasteiger partial charge >= 0.3 is 92.6 Å². The Hall–Kier alpha value is 1.38. The second-order valence-electron chi connectivity index (χ2n) is 8.79. The zero-order chi connectivity index (χ0) is 31.7. The minimum atomic E-state index is -3.90. The summed E-state index contributed by atoms with van der Waals surface area (Å²) in [5.41, 5.74) is 0. The molecule has 0 amide bonds. The average molecular weight is 854 g/mol. The number of hydrogen-bond acceptors (Lipinski definition) is 15. The van der Waals surface area contributed by atoms with Gasteiger partial charge in [0.15, 0.2) is 18.1 Å². The monoisotopic (exact) mass is 852 g/mol. The molecule has 0 spiro atoms. The van der Waals surface area contributed by atoms with Gasteiger partial charge in [-0.15, -0.1) is 0 Å². The van der Waals surface area contributed by atoms with Crippen LogP contribution in [-0.4, -0.2) is 146 Å². The first-order valence-corrected chi connectivity index (χ1v) is 54.8. The van der Waals surface area contributed by atoms with Gasteiger partial charge in [-0.05, 0) is 45.8 Å². The molecule has 0 aliphatic heterocycles. The summed E-state index contributed by atoms with van der Waals surface area (Å²) in [6.07, 6.45) is 0. The molecule has 0 aromatic carbocycles. The molecule has 214 valence electrons. The van der Waals surface area contributed by atoms with Gasteiger partial charge in [-0.2, -0.15) is 0 Å². The first kappa shape index (κ1) is 41.4. The summed E-state index contributed by atoms with van der Waals surface area (Å²) >= 11 is 0. The fraction of sp³-hybridized carbons (Fsp3) is 1.00. The summed E-state index contributed by atoms with van der Waals surface area (Å²) < 4.78 is 166. The fourth-order valence-electron chi connectivity index (χ4n) is 2.39. The highest BCUT2D eigenvalue weighted by Gasteiger charge is 2.53. The van der Waals surface area contributed by atoms with Crippen molar-refractivity contribution in [1.29, 1.82) is 0 Å². The molecule has 0 fully saturated rings. The van der Waals surface area contributed by atoms with Gasteiger partial charge in [0, 0.05) is 0 Å². The zero-order valence-electron chi connectivity index (χ0n) is 22.4. The molecule has 0 rings (SSSR count). The van der Waals surface area contributed by atoms with Crippen LogP contribution in [0.15, 0.2) is 0 Å². The Morgan fingerprint density at radius 2 is 0.875 bits per heavy atom. The Balaban J connectivity index is 5.23. The normalized spacial score (nSPS) is 11.9. The van der Waals surface area contributed by atoms with Crippen LogP contribution in [0.1, 0.15) is 0 Å². The summed E-state index contributed by atoms with van der Waals surface area (Å²) in [6, 6.07) is 0. The van der Waals surface area contributed by atoms with E-state index in [9.17, 15) is 53.5 Å². The second kappa shape index (κ2) is 19.0. The summed E-state index contributed by atoms with van der Waals surface area (Å²) in [6.45, 7) is 11.6. The third kappa shape index (κ3) is 13.2. The van der Waals surface area contributed by atoms with Crippen molar-refractivity contribution in [3.8, 4) is 0 Å². The standard InChI is InChI=1S/C7H24O15Si18/c1-25(2)20-23-28(8)31(11)30(10)27(5)21-24-29(9)32(12)33(13)34(14)35(15)36(16)37(17)38(18)39(19)40(6,7)22-26(3)4/h25-27H,1-7H3. The zero-order valence-corrected chi connectivity index (χ0v) is 40.8. The van der Waals surface area contributed by atoms with Gasteiger partial charge < -0.3 is 65.9 Å². The number of rotatable bonds is 20. The Morgan fingerprint density at radius 3 is 1.30 bits per heavy atom. The van der Waals surface area contributed by atoms with Crippen molar-refractivity contribution in [3.63, 3.8) is 0 Å². The van der Waals surface area contributed by atoms with E-state index in [0.717, 1.165) is 0 Å². The highest BCUT2D eigenvalue weighted by molar-refractivity contribution is 7.78. The van der Waals surface area contributed by atoms with Gasteiger partial charge in [0.25, 0.3) is 18.6 Å². The molecule has 15 nitrogen and oxygen atoms in total. The third-order valence-electron chi connectivity index (χ3n) is 4.24. The maximum atomic E-state index is 12.7. The predicted octanol–water partition coefficient (Wildman–Crippen LogP) is -5.20. The molecule has 0 N–H and O–H groups in total. The molecule has 0 bridgehead atoms. The molecule has 0 aliphatic carbocycles. The van der Waals surface area contributed by atoms with Crippen LogP contribution < -0.4 is 0 Å². The van der Waals surface area contributed by atoms with Crippen molar-refractivity contribution in [2.75, 3.05) is 0 Å². The van der Waals surface area contributed by atoms with Gasteiger partial charge in [0.05, 0.1) is 0 Å². The summed E-state index contributed by atoms with van der Waals surface area (Å²) in [5.74, 6) is 0. The second-order valence-corrected chi connectivity index (χ2v) is 87.0. The van der Waals surface area contributed by atoms with Crippen molar-refractivity contribution in [2.45, 2.75) is 45.8 Å². The van der Waals surface area contributed by atoms with E-state index < -0.39 is 146 Å². The molecule has 1 unspecified atom stereocenters. The summed E-state index contributed by atoms with van der Waals surface area (Å²) in [4.78, 5) is 0.